The largest absolute Gasteiger partial charge is 0.468 e. The molecule has 2 N–H and O–H groups in total. The van der Waals surface area contributed by atoms with E-state index < -0.39 is 0 Å². The van der Waals surface area contributed by atoms with E-state index in [1.165, 1.54) is 18.9 Å². The number of anilines is 1. The molecule has 0 saturated carbocycles. The maximum absolute atomic E-state index is 10.9. The van der Waals surface area contributed by atoms with E-state index in [-0.39, 0.29) is 11.7 Å². The van der Waals surface area contributed by atoms with Crippen LogP contribution in [-0.2, 0) is 9.53 Å². The SMILES string of the molecule is COC(=O)CSc1cccc(C#N)c1N. The summed E-state index contributed by atoms with van der Waals surface area (Å²) in [6.07, 6.45) is 0. The summed E-state index contributed by atoms with van der Waals surface area (Å²) in [6, 6.07) is 7.12. The first-order valence-electron chi connectivity index (χ1n) is 4.17. The molecular weight excluding hydrogens is 212 g/mol. The van der Waals surface area contributed by atoms with E-state index in [1.807, 2.05) is 6.07 Å². The summed E-state index contributed by atoms with van der Waals surface area (Å²) in [4.78, 5) is 11.6. The first kappa shape index (κ1) is 11.4. The van der Waals surface area contributed by atoms with Gasteiger partial charge in [0.05, 0.1) is 24.1 Å². The molecule has 0 spiro atoms. The lowest BCUT2D eigenvalue weighted by Crippen LogP contribution is -2.03. The Hall–Kier alpha value is -1.67. The molecule has 0 saturated heterocycles. The van der Waals surface area contributed by atoms with Gasteiger partial charge in [-0.15, -0.1) is 11.8 Å². The molecule has 0 bridgehead atoms. The van der Waals surface area contributed by atoms with Crippen molar-refractivity contribution in [1.29, 1.82) is 5.26 Å². The summed E-state index contributed by atoms with van der Waals surface area (Å²) in [7, 11) is 1.33. The fourth-order valence-corrected chi connectivity index (χ4v) is 1.79. The lowest BCUT2D eigenvalue weighted by Gasteiger charge is -2.05. The average Bonchev–Trinajstić information content (AvgIpc) is 2.27. The van der Waals surface area contributed by atoms with E-state index in [0.29, 0.717) is 11.3 Å². The molecule has 0 atom stereocenters. The summed E-state index contributed by atoms with van der Waals surface area (Å²) < 4.78 is 4.50. The Morgan fingerprint density at radius 1 is 1.67 bits per heavy atom. The van der Waals surface area contributed by atoms with E-state index in [9.17, 15) is 4.79 Å². The highest BCUT2D eigenvalue weighted by Crippen LogP contribution is 2.27. The van der Waals surface area contributed by atoms with Gasteiger partial charge in [0.25, 0.3) is 0 Å². The number of carbonyl (C=O) groups is 1. The van der Waals surface area contributed by atoms with Crippen molar-refractivity contribution in [2.75, 3.05) is 18.6 Å². The second kappa shape index (κ2) is 5.27. The number of esters is 1. The van der Waals surface area contributed by atoms with Crippen molar-refractivity contribution < 1.29 is 9.53 Å². The molecular formula is C10H10N2O2S. The molecule has 0 heterocycles. The number of carbonyl (C=O) groups excluding carboxylic acids is 1. The van der Waals surface area contributed by atoms with Crippen LogP contribution < -0.4 is 5.73 Å². The van der Waals surface area contributed by atoms with E-state index >= 15 is 0 Å². The molecule has 0 radical (unpaired) electrons. The third kappa shape index (κ3) is 2.89. The van der Waals surface area contributed by atoms with Crippen molar-refractivity contribution in [3.05, 3.63) is 23.8 Å². The predicted molar refractivity (Wildman–Crippen MR) is 58.3 cm³/mol. The molecule has 1 rings (SSSR count). The molecule has 0 amide bonds. The van der Waals surface area contributed by atoms with Crippen molar-refractivity contribution in [3.8, 4) is 6.07 Å². The number of nitrogen functional groups attached to an aromatic ring is 1. The molecule has 0 aliphatic heterocycles. The van der Waals surface area contributed by atoms with E-state index in [2.05, 4.69) is 4.74 Å². The molecule has 15 heavy (non-hydrogen) atoms. The zero-order valence-electron chi connectivity index (χ0n) is 8.19. The lowest BCUT2D eigenvalue weighted by atomic mass is 10.2. The summed E-state index contributed by atoms with van der Waals surface area (Å²) in [5.74, 6) is -0.128. The molecule has 1 aromatic carbocycles. The second-order valence-corrected chi connectivity index (χ2v) is 3.71. The molecule has 5 heteroatoms. The molecule has 78 valence electrons. The zero-order valence-corrected chi connectivity index (χ0v) is 9.00. The van der Waals surface area contributed by atoms with Crippen LogP contribution in [0.2, 0.25) is 0 Å². The number of nitrogens with zero attached hydrogens (tertiary/aromatic N) is 1. The van der Waals surface area contributed by atoms with Gasteiger partial charge in [0.15, 0.2) is 0 Å². The van der Waals surface area contributed by atoms with E-state index in [0.717, 1.165) is 4.90 Å². The Bertz CT molecular complexity index is 412. The fraction of sp³-hybridized carbons (Fsp3) is 0.200. The Balaban J connectivity index is 2.78. The number of ether oxygens (including phenoxy) is 1. The number of nitrogens with two attached hydrogens (primary N) is 1. The van der Waals surface area contributed by atoms with Crippen molar-refractivity contribution in [3.63, 3.8) is 0 Å². The van der Waals surface area contributed by atoms with Crippen LogP contribution in [0.5, 0.6) is 0 Å². The number of benzene rings is 1. The van der Waals surface area contributed by atoms with E-state index in [4.69, 9.17) is 11.0 Å². The van der Waals surface area contributed by atoms with Gasteiger partial charge in [-0.3, -0.25) is 4.79 Å². The molecule has 4 nitrogen and oxygen atoms in total. The quantitative estimate of drug-likeness (QED) is 0.475. The van der Waals surface area contributed by atoms with Crippen LogP contribution in [0.25, 0.3) is 0 Å². The maximum Gasteiger partial charge on any atom is 0.315 e. The zero-order chi connectivity index (χ0) is 11.3. The third-order valence-electron chi connectivity index (χ3n) is 1.76. The van der Waals surface area contributed by atoms with Crippen LogP contribution in [0.3, 0.4) is 0 Å². The number of hydrogen-bond acceptors (Lipinski definition) is 5. The maximum atomic E-state index is 10.9. The van der Waals surface area contributed by atoms with Crippen LogP contribution >= 0.6 is 11.8 Å². The van der Waals surface area contributed by atoms with Crippen LogP contribution in [0, 0.1) is 11.3 Å². The Labute approximate surface area is 92.0 Å². The van der Waals surface area contributed by atoms with Crippen molar-refractivity contribution >= 4 is 23.4 Å². The first-order chi connectivity index (χ1) is 7.19. The minimum Gasteiger partial charge on any atom is -0.468 e. The molecule has 0 fully saturated rings. The summed E-state index contributed by atoms with van der Waals surface area (Å²) in [5, 5.41) is 8.74. The van der Waals surface area contributed by atoms with Crippen molar-refractivity contribution in [1.82, 2.24) is 0 Å². The minimum absolute atomic E-state index is 0.190. The minimum atomic E-state index is -0.318. The molecule has 0 aromatic heterocycles. The van der Waals surface area contributed by atoms with Gasteiger partial charge < -0.3 is 10.5 Å². The topological polar surface area (TPSA) is 76.1 Å². The highest BCUT2D eigenvalue weighted by atomic mass is 32.2. The van der Waals surface area contributed by atoms with Crippen LogP contribution in [-0.4, -0.2) is 18.8 Å². The summed E-state index contributed by atoms with van der Waals surface area (Å²) in [5.41, 5.74) is 6.56. The predicted octanol–water partition coefficient (Wildman–Crippen LogP) is 1.41. The molecule has 0 aliphatic carbocycles. The normalized spacial score (nSPS) is 9.33. The number of para-hydroxylation sites is 1. The van der Waals surface area contributed by atoms with Crippen molar-refractivity contribution in [2.24, 2.45) is 0 Å². The number of hydrogen-bond donors (Lipinski definition) is 1. The highest BCUT2D eigenvalue weighted by molar-refractivity contribution is 8.00. The molecule has 0 aliphatic rings. The Morgan fingerprint density at radius 2 is 2.40 bits per heavy atom. The Kier molecular flexibility index (Phi) is 4.01. The smallest absolute Gasteiger partial charge is 0.315 e. The Morgan fingerprint density at radius 3 is 3.00 bits per heavy atom. The summed E-state index contributed by atoms with van der Waals surface area (Å²) >= 11 is 1.26. The van der Waals surface area contributed by atoms with E-state index in [1.54, 1.807) is 18.2 Å². The fourth-order valence-electron chi connectivity index (χ4n) is 0.963. The van der Waals surface area contributed by atoms with Gasteiger partial charge in [-0.25, -0.2) is 0 Å². The van der Waals surface area contributed by atoms with Crippen LogP contribution in [0.4, 0.5) is 5.69 Å². The third-order valence-corrected chi connectivity index (χ3v) is 2.81. The van der Waals surface area contributed by atoms with Gasteiger partial charge in [0, 0.05) is 4.90 Å². The van der Waals surface area contributed by atoms with Gasteiger partial charge in [-0.2, -0.15) is 5.26 Å². The van der Waals surface area contributed by atoms with Crippen LogP contribution in [0.15, 0.2) is 23.1 Å². The molecule has 0 unspecified atom stereocenters. The number of methoxy groups -OCH3 is 1. The van der Waals surface area contributed by atoms with Gasteiger partial charge in [-0.1, -0.05) is 6.07 Å². The lowest BCUT2D eigenvalue weighted by molar-refractivity contribution is -0.137. The van der Waals surface area contributed by atoms with Gasteiger partial charge in [-0.05, 0) is 12.1 Å². The standard InChI is InChI=1S/C10H10N2O2S/c1-14-9(13)6-15-8-4-2-3-7(5-11)10(8)12/h2-4H,6,12H2,1H3. The highest BCUT2D eigenvalue weighted by Gasteiger charge is 2.07. The van der Waals surface area contributed by atoms with Gasteiger partial charge in [0.2, 0.25) is 0 Å². The van der Waals surface area contributed by atoms with Crippen LogP contribution in [0.1, 0.15) is 5.56 Å². The first-order valence-corrected chi connectivity index (χ1v) is 5.15. The summed E-state index contributed by atoms with van der Waals surface area (Å²) in [6.45, 7) is 0. The monoisotopic (exact) mass is 222 g/mol. The number of nitriles is 1. The average molecular weight is 222 g/mol. The molecule has 1 aromatic rings. The second-order valence-electron chi connectivity index (χ2n) is 2.69. The van der Waals surface area contributed by atoms with Crippen molar-refractivity contribution in [2.45, 2.75) is 4.90 Å². The number of rotatable bonds is 3. The number of thioether (sulfide) groups is 1. The van der Waals surface area contributed by atoms with Gasteiger partial charge >= 0.3 is 5.97 Å². The van der Waals surface area contributed by atoms with Gasteiger partial charge in [0.1, 0.15) is 6.07 Å².